The molecule has 0 spiro atoms. The monoisotopic (exact) mass is 410 g/mol. The van der Waals surface area contributed by atoms with Crippen LogP contribution in [0.1, 0.15) is 29.4 Å². The van der Waals surface area contributed by atoms with Gasteiger partial charge in [0.25, 0.3) is 5.91 Å². The minimum absolute atomic E-state index is 0.164. The lowest BCUT2D eigenvalue weighted by Gasteiger charge is -2.25. The van der Waals surface area contributed by atoms with Crippen molar-refractivity contribution in [3.63, 3.8) is 0 Å². The number of hydrogen-bond acceptors (Lipinski definition) is 3. The van der Waals surface area contributed by atoms with Crippen LogP contribution in [-0.4, -0.2) is 26.4 Å². The Bertz CT molecular complexity index is 1140. The van der Waals surface area contributed by atoms with Crippen LogP contribution < -0.4 is 0 Å². The van der Waals surface area contributed by atoms with E-state index in [9.17, 15) is 4.79 Å². The lowest BCUT2D eigenvalue weighted by molar-refractivity contribution is -0.114. The Morgan fingerprint density at radius 3 is 2.71 bits per heavy atom. The summed E-state index contributed by atoms with van der Waals surface area (Å²) in [7, 11) is 0. The number of aryl methyl sites for hydroxylation is 1. The molecule has 0 saturated carbocycles. The van der Waals surface area contributed by atoms with E-state index in [1.54, 1.807) is 11.0 Å². The van der Waals surface area contributed by atoms with Gasteiger partial charge < -0.3 is 4.57 Å². The molecule has 2 aliphatic rings. The largest absolute Gasteiger partial charge is 0.318 e. The highest BCUT2D eigenvalue weighted by Crippen LogP contribution is 2.33. The van der Waals surface area contributed by atoms with Gasteiger partial charge in [0.1, 0.15) is 5.84 Å². The fraction of sp³-hybridized carbons (Fsp3) is 0.190. The summed E-state index contributed by atoms with van der Waals surface area (Å²) in [6.45, 7) is 7.92. The molecule has 2 aliphatic heterocycles. The molecule has 2 aromatic rings. The van der Waals surface area contributed by atoms with Crippen molar-refractivity contribution in [2.24, 2.45) is 4.99 Å². The first kappa shape index (κ1) is 18.8. The van der Waals surface area contributed by atoms with Gasteiger partial charge in [-0.25, -0.2) is 0 Å². The average molecular weight is 411 g/mol. The summed E-state index contributed by atoms with van der Waals surface area (Å²) >= 11 is 7.68. The first-order chi connectivity index (χ1) is 13.3. The van der Waals surface area contributed by atoms with E-state index in [2.05, 4.69) is 9.56 Å². The normalized spacial score (nSPS) is 17.9. The van der Waals surface area contributed by atoms with Gasteiger partial charge in [0, 0.05) is 27.8 Å². The zero-order chi connectivity index (χ0) is 20.2. The van der Waals surface area contributed by atoms with Crippen LogP contribution in [0.2, 0.25) is 5.02 Å². The Kier molecular flexibility index (Phi) is 4.56. The standard InChI is InChI=1S/C21H19ClN4OS/c1-11-8-15(14(4)25(11)18-7-5-6-17(22)13(18)3)9-16-19(23)26-12(2)10-28-21(26)24-20(16)27/h5-10,23H,1-4H3/b16-9-,23-19?. The molecule has 1 amide bonds. The van der Waals surface area contributed by atoms with Crippen LogP contribution in [-0.2, 0) is 4.79 Å². The van der Waals surface area contributed by atoms with Crippen molar-refractivity contribution in [2.75, 3.05) is 0 Å². The molecule has 0 bridgehead atoms. The molecule has 0 radical (unpaired) electrons. The number of halogens is 1. The molecule has 0 aliphatic carbocycles. The maximum absolute atomic E-state index is 12.5. The molecule has 28 heavy (non-hydrogen) atoms. The average Bonchev–Trinajstić information content (AvgIpc) is 3.14. The Hall–Kier alpha value is -2.57. The number of nitrogens with one attached hydrogen (secondary N) is 1. The van der Waals surface area contributed by atoms with Crippen molar-refractivity contribution < 1.29 is 4.79 Å². The van der Waals surface area contributed by atoms with Crippen LogP contribution in [0.3, 0.4) is 0 Å². The number of amides is 1. The Labute approximate surface area is 172 Å². The number of amidine groups is 2. The van der Waals surface area contributed by atoms with E-state index in [1.165, 1.54) is 11.8 Å². The molecule has 5 nitrogen and oxygen atoms in total. The number of hydrogen-bond donors (Lipinski definition) is 1. The summed E-state index contributed by atoms with van der Waals surface area (Å²) < 4.78 is 2.12. The summed E-state index contributed by atoms with van der Waals surface area (Å²) in [4.78, 5) is 18.4. The summed E-state index contributed by atoms with van der Waals surface area (Å²) in [5.74, 6) is -0.215. The third-order valence-electron chi connectivity index (χ3n) is 5.04. The van der Waals surface area contributed by atoms with Gasteiger partial charge in [0.15, 0.2) is 5.17 Å². The topological polar surface area (TPSA) is 61.5 Å². The molecular weight excluding hydrogens is 392 g/mol. The van der Waals surface area contributed by atoms with Crippen molar-refractivity contribution in [3.05, 3.63) is 68.5 Å². The maximum atomic E-state index is 12.5. The van der Waals surface area contributed by atoms with Gasteiger partial charge in [-0.15, -0.1) is 0 Å². The van der Waals surface area contributed by atoms with Crippen molar-refractivity contribution in [3.8, 4) is 5.69 Å². The number of benzene rings is 1. The van der Waals surface area contributed by atoms with E-state index in [4.69, 9.17) is 17.0 Å². The minimum atomic E-state index is -0.379. The lowest BCUT2D eigenvalue weighted by Crippen LogP contribution is -2.37. The number of rotatable bonds is 2. The molecule has 1 N–H and O–H groups in total. The first-order valence-electron chi connectivity index (χ1n) is 8.81. The molecule has 4 rings (SSSR count). The molecule has 0 atom stereocenters. The number of carbonyl (C=O) groups excluding carboxylic acids is 1. The van der Waals surface area contributed by atoms with Gasteiger partial charge in [-0.3, -0.25) is 15.1 Å². The van der Waals surface area contributed by atoms with Crippen LogP contribution in [0.15, 0.2) is 45.9 Å². The Morgan fingerprint density at radius 1 is 1.21 bits per heavy atom. The van der Waals surface area contributed by atoms with Crippen LogP contribution in [0, 0.1) is 26.2 Å². The third kappa shape index (κ3) is 2.84. The van der Waals surface area contributed by atoms with Crippen LogP contribution >= 0.6 is 23.4 Å². The summed E-state index contributed by atoms with van der Waals surface area (Å²) in [5, 5.41) is 11.7. The second kappa shape index (κ2) is 6.79. The molecule has 1 aromatic carbocycles. The second-order valence-electron chi connectivity index (χ2n) is 6.86. The minimum Gasteiger partial charge on any atom is -0.318 e. The highest BCUT2D eigenvalue weighted by molar-refractivity contribution is 8.16. The highest BCUT2D eigenvalue weighted by atomic mass is 35.5. The summed E-state index contributed by atoms with van der Waals surface area (Å²) in [6.07, 6.45) is 1.76. The number of carbonyl (C=O) groups is 1. The zero-order valence-electron chi connectivity index (χ0n) is 16.0. The van der Waals surface area contributed by atoms with Gasteiger partial charge in [-0.05, 0) is 68.5 Å². The van der Waals surface area contributed by atoms with E-state index in [1.807, 2.05) is 57.4 Å². The summed E-state index contributed by atoms with van der Waals surface area (Å²) in [6, 6.07) is 7.85. The number of fused-ring (bicyclic) bond motifs is 1. The van der Waals surface area contributed by atoms with E-state index in [0.29, 0.717) is 15.8 Å². The number of aromatic nitrogens is 1. The third-order valence-corrected chi connectivity index (χ3v) is 6.39. The molecule has 0 fully saturated rings. The van der Waals surface area contributed by atoms with Gasteiger partial charge in [-0.1, -0.05) is 29.4 Å². The van der Waals surface area contributed by atoms with Gasteiger partial charge in [0.05, 0.1) is 5.57 Å². The van der Waals surface area contributed by atoms with E-state index in [-0.39, 0.29) is 11.7 Å². The van der Waals surface area contributed by atoms with Crippen molar-refractivity contribution in [2.45, 2.75) is 27.7 Å². The maximum Gasteiger partial charge on any atom is 0.283 e. The Balaban J connectivity index is 1.82. The highest BCUT2D eigenvalue weighted by Gasteiger charge is 2.34. The fourth-order valence-electron chi connectivity index (χ4n) is 3.54. The van der Waals surface area contributed by atoms with Crippen LogP contribution in [0.5, 0.6) is 0 Å². The molecule has 0 unspecified atom stereocenters. The molecule has 142 valence electrons. The second-order valence-corrected chi connectivity index (χ2v) is 8.11. The fourth-order valence-corrected chi connectivity index (χ4v) is 4.57. The molecule has 3 heterocycles. The smallest absolute Gasteiger partial charge is 0.283 e. The SMILES string of the molecule is CC1=CSC2=NC(=O)/C(=C\c3cc(C)n(-c4cccc(Cl)c4C)c3C)C(=N)N12. The number of allylic oxidation sites excluding steroid dienone is 1. The van der Waals surface area contributed by atoms with Crippen LogP contribution in [0.25, 0.3) is 11.8 Å². The molecule has 1 aromatic heterocycles. The van der Waals surface area contributed by atoms with Crippen LogP contribution in [0.4, 0.5) is 0 Å². The van der Waals surface area contributed by atoms with Crippen molar-refractivity contribution in [1.82, 2.24) is 9.47 Å². The quantitative estimate of drug-likeness (QED) is 0.690. The Morgan fingerprint density at radius 2 is 1.96 bits per heavy atom. The first-order valence-corrected chi connectivity index (χ1v) is 10.1. The summed E-state index contributed by atoms with van der Waals surface area (Å²) in [5.41, 5.74) is 6.09. The van der Waals surface area contributed by atoms with E-state index in [0.717, 1.165) is 33.9 Å². The number of aliphatic imine (C=N–C) groups is 1. The number of nitrogens with zero attached hydrogens (tertiary/aromatic N) is 3. The van der Waals surface area contributed by atoms with Crippen molar-refractivity contribution >= 4 is 46.3 Å². The van der Waals surface area contributed by atoms with Crippen molar-refractivity contribution in [1.29, 1.82) is 5.41 Å². The van der Waals surface area contributed by atoms with Gasteiger partial charge >= 0.3 is 0 Å². The lowest BCUT2D eigenvalue weighted by atomic mass is 10.1. The van der Waals surface area contributed by atoms with Gasteiger partial charge in [0.2, 0.25) is 0 Å². The molecule has 7 heteroatoms. The molecule has 0 saturated heterocycles. The van der Waals surface area contributed by atoms with E-state index >= 15 is 0 Å². The predicted molar refractivity (Wildman–Crippen MR) is 116 cm³/mol. The van der Waals surface area contributed by atoms with E-state index < -0.39 is 0 Å². The number of thioether (sulfide) groups is 1. The predicted octanol–water partition coefficient (Wildman–Crippen LogP) is 5.22. The van der Waals surface area contributed by atoms with Gasteiger partial charge in [-0.2, -0.15) is 4.99 Å². The molecular formula is C21H19ClN4OS. The zero-order valence-corrected chi connectivity index (χ0v) is 17.6.